The third kappa shape index (κ3) is 5.38. The number of ether oxygens (including phenoxy) is 4. The summed E-state index contributed by atoms with van der Waals surface area (Å²) in [5, 5.41) is 4.80. The molecule has 38 heavy (non-hydrogen) atoms. The van der Waals surface area contributed by atoms with Gasteiger partial charge in [-0.2, -0.15) is 0 Å². The predicted molar refractivity (Wildman–Crippen MR) is 150 cm³/mol. The molecule has 1 aliphatic heterocycles. The van der Waals surface area contributed by atoms with Gasteiger partial charge in [0.2, 0.25) is 6.79 Å². The Morgan fingerprint density at radius 2 is 1.74 bits per heavy atom. The zero-order valence-corrected chi connectivity index (χ0v) is 22.3. The minimum atomic E-state index is -0.195. The number of aromatic amines is 1. The molecule has 0 radical (unpaired) electrons. The Bertz CT molecular complexity index is 1520. The lowest BCUT2D eigenvalue weighted by Gasteiger charge is -2.28. The van der Waals surface area contributed by atoms with Crippen molar-refractivity contribution in [1.82, 2.24) is 15.2 Å². The normalized spacial score (nSPS) is 12.7. The fourth-order valence-electron chi connectivity index (χ4n) is 4.46. The zero-order valence-electron chi connectivity index (χ0n) is 21.4. The minimum absolute atomic E-state index is 0.0189. The van der Waals surface area contributed by atoms with Gasteiger partial charge >= 0.3 is 0 Å². The van der Waals surface area contributed by atoms with Crippen LogP contribution in [0.25, 0.3) is 10.9 Å². The van der Waals surface area contributed by atoms with Crippen LogP contribution >= 0.6 is 12.2 Å². The van der Waals surface area contributed by atoms with Crippen molar-refractivity contribution in [2.45, 2.75) is 26.1 Å². The van der Waals surface area contributed by atoms with Gasteiger partial charge in [-0.25, -0.2) is 0 Å². The Morgan fingerprint density at radius 3 is 2.50 bits per heavy atom. The van der Waals surface area contributed by atoms with E-state index >= 15 is 0 Å². The second-order valence-corrected chi connectivity index (χ2v) is 9.43. The predicted octanol–water partition coefficient (Wildman–Crippen LogP) is 4.91. The number of hydrogen-bond donors (Lipinski definition) is 2. The van der Waals surface area contributed by atoms with E-state index in [4.69, 9.17) is 31.2 Å². The Hall–Kier alpha value is -4.24. The lowest BCUT2D eigenvalue weighted by molar-refractivity contribution is 0.174. The van der Waals surface area contributed by atoms with Crippen LogP contribution in [0.5, 0.6) is 23.0 Å². The van der Waals surface area contributed by atoms with Gasteiger partial charge in [-0.3, -0.25) is 4.79 Å². The van der Waals surface area contributed by atoms with Crippen LogP contribution in [-0.2, 0) is 13.1 Å². The van der Waals surface area contributed by atoms with Crippen LogP contribution in [0.15, 0.2) is 71.5 Å². The molecule has 2 heterocycles. The Labute approximate surface area is 226 Å². The maximum absolute atomic E-state index is 13.1. The van der Waals surface area contributed by atoms with Crippen molar-refractivity contribution in [1.29, 1.82) is 0 Å². The molecule has 3 aromatic carbocycles. The minimum Gasteiger partial charge on any atom is -0.493 e. The van der Waals surface area contributed by atoms with Crippen LogP contribution in [0.3, 0.4) is 0 Å². The van der Waals surface area contributed by atoms with E-state index in [1.807, 2.05) is 53.4 Å². The van der Waals surface area contributed by atoms with Crippen molar-refractivity contribution in [3.63, 3.8) is 0 Å². The summed E-state index contributed by atoms with van der Waals surface area (Å²) in [6.45, 7) is 3.02. The van der Waals surface area contributed by atoms with Crippen LogP contribution in [0.1, 0.15) is 29.7 Å². The number of thiocarbonyl (C=S) groups is 1. The quantitative estimate of drug-likeness (QED) is 0.310. The number of benzene rings is 3. The SMILES string of the molecule is COc1cc2cc(CN(Cc3ccc4c(c3)OCO4)C(=S)N[C@@H](C)c3ccccc3)c(=O)[nH]c2cc1OC. The molecule has 5 rings (SSSR count). The number of pyridine rings is 1. The Morgan fingerprint density at radius 1 is 1.00 bits per heavy atom. The maximum Gasteiger partial charge on any atom is 0.253 e. The van der Waals surface area contributed by atoms with E-state index in [2.05, 4.69) is 29.4 Å². The highest BCUT2D eigenvalue weighted by Crippen LogP contribution is 2.33. The first-order valence-electron chi connectivity index (χ1n) is 12.2. The smallest absolute Gasteiger partial charge is 0.253 e. The second kappa shape index (κ2) is 11.0. The van der Waals surface area contributed by atoms with Gasteiger partial charge in [0.1, 0.15) is 0 Å². The molecule has 0 saturated carbocycles. The topological polar surface area (TPSA) is 85.0 Å². The van der Waals surface area contributed by atoms with Gasteiger partial charge in [0.25, 0.3) is 5.56 Å². The van der Waals surface area contributed by atoms with E-state index in [1.165, 1.54) is 0 Å². The maximum atomic E-state index is 13.1. The van der Waals surface area contributed by atoms with Crippen LogP contribution in [-0.4, -0.2) is 36.0 Å². The van der Waals surface area contributed by atoms with E-state index in [0.29, 0.717) is 52.3 Å². The van der Waals surface area contributed by atoms with E-state index in [0.717, 1.165) is 16.5 Å². The fourth-order valence-corrected chi connectivity index (χ4v) is 4.77. The monoisotopic (exact) mass is 531 g/mol. The van der Waals surface area contributed by atoms with Gasteiger partial charge < -0.3 is 34.1 Å². The first-order valence-corrected chi connectivity index (χ1v) is 12.6. The number of methoxy groups -OCH3 is 2. The van der Waals surface area contributed by atoms with Crippen molar-refractivity contribution in [2.24, 2.45) is 0 Å². The first kappa shape index (κ1) is 25.4. The zero-order chi connectivity index (χ0) is 26.6. The summed E-state index contributed by atoms with van der Waals surface area (Å²) in [6.07, 6.45) is 0. The standard InChI is InChI=1S/C29H29N3O5S/c1-18(20-7-5-4-6-8-20)30-29(38)32(15-19-9-10-24-27(11-19)37-17-36-24)16-22-12-21-13-25(34-2)26(35-3)14-23(21)31-28(22)33/h4-14,18H,15-17H2,1-3H3,(H,30,38)(H,31,33)/t18-/m0/s1. The highest BCUT2D eigenvalue weighted by molar-refractivity contribution is 7.80. The summed E-state index contributed by atoms with van der Waals surface area (Å²) >= 11 is 5.87. The van der Waals surface area contributed by atoms with Gasteiger partial charge in [-0.1, -0.05) is 36.4 Å². The number of nitrogens with zero attached hydrogens (tertiary/aromatic N) is 1. The number of hydrogen-bond acceptors (Lipinski definition) is 6. The van der Waals surface area contributed by atoms with Gasteiger partial charge in [-0.05, 0) is 54.5 Å². The number of H-pyrrole nitrogens is 1. The highest BCUT2D eigenvalue weighted by Gasteiger charge is 2.19. The van der Waals surface area contributed by atoms with Crippen molar-refractivity contribution in [3.05, 3.63) is 93.8 Å². The molecule has 1 atom stereocenters. The third-order valence-corrected chi connectivity index (χ3v) is 6.90. The molecule has 0 aliphatic carbocycles. The van der Waals surface area contributed by atoms with Crippen molar-refractivity contribution < 1.29 is 18.9 Å². The summed E-state index contributed by atoms with van der Waals surface area (Å²) in [5.41, 5.74) is 3.13. The van der Waals surface area contributed by atoms with Crippen LogP contribution in [0, 0.1) is 0 Å². The largest absolute Gasteiger partial charge is 0.493 e. The van der Waals surface area contributed by atoms with Crippen molar-refractivity contribution in [3.8, 4) is 23.0 Å². The molecule has 0 unspecified atom stereocenters. The molecular weight excluding hydrogens is 502 g/mol. The summed E-state index contributed by atoms with van der Waals surface area (Å²) in [4.78, 5) is 18.1. The summed E-state index contributed by atoms with van der Waals surface area (Å²) in [5.74, 6) is 2.55. The van der Waals surface area contributed by atoms with Crippen LogP contribution < -0.4 is 29.8 Å². The third-order valence-electron chi connectivity index (χ3n) is 6.52. The molecule has 0 bridgehead atoms. The van der Waals surface area contributed by atoms with Crippen LogP contribution in [0.2, 0.25) is 0 Å². The molecule has 196 valence electrons. The molecule has 0 fully saturated rings. The number of fused-ring (bicyclic) bond motifs is 2. The molecule has 4 aromatic rings. The van der Waals surface area contributed by atoms with Crippen molar-refractivity contribution >= 4 is 28.2 Å². The average Bonchev–Trinajstić information content (AvgIpc) is 3.40. The number of nitrogens with one attached hydrogen (secondary N) is 2. The van der Waals surface area contributed by atoms with Gasteiger partial charge in [0.05, 0.1) is 32.3 Å². The lowest BCUT2D eigenvalue weighted by atomic mass is 10.1. The summed E-state index contributed by atoms with van der Waals surface area (Å²) in [6, 6.07) is 21.4. The lowest BCUT2D eigenvalue weighted by Crippen LogP contribution is -2.41. The fraction of sp³-hybridized carbons (Fsp3) is 0.241. The number of aromatic nitrogens is 1. The molecule has 2 N–H and O–H groups in total. The summed E-state index contributed by atoms with van der Waals surface area (Å²) < 4.78 is 21.9. The number of rotatable bonds is 8. The Kier molecular flexibility index (Phi) is 7.37. The molecule has 8 nitrogen and oxygen atoms in total. The van der Waals surface area contributed by atoms with Gasteiger partial charge in [-0.15, -0.1) is 0 Å². The molecule has 0 saturated heterocycles. The van der Waals surface area contributed by atoms with E-state index in [9.17, 15) is 4.79 Å². The highest BCUT2D eigenvalue weighted by atomic mass is 32.1. The summed E-state index contributed by atoms with van der Waals surface area (Å²) in [7, 11) is 3.15. The molecule has 0 amide bonds. The van der Waals surface area contributed by atoms with Crippen molar-refractivity contribution in [2.75, 3.05) is 21.0 Å². The average molecular weight is 532 g/mol. The van der Waals surface area contributed by atoms with E-state index in [1.54, 1.807) is 20.3 Å². The molecule has 9 heteroatoms. The first-order chi connectivity index (χ1) is 18.4. The van der Waals surface area contributed by atoms with Crippen LogP contribution in [0.4, 0.5) is 0 Å². The molecule has 0 spiro atoms. The molecular formula is C29H29N3O5S. The Balaban J connectivity index is 1.46. The van der Waals surface area contributed by atoms with E-state index < -0.39 is 0 Å². The second-order valence-electron chi connectivity index (χ2n) is 9.04. The molecule has 1 aliphatic rings. The van der Waals surface area contributed by atoms with Gasteiger partial charge in [0.15, 0.2) is 28.1 Å². The molecule has 1 aromatic heterocycles. The van der Waals surface area contributed by atoms with Gasteiger partial charge in [0, 0.05) is 23.6 Å². The van der Waals surface area contributed by atoms with E-state index in [-0.39, 0.29) is 18.4 Å².